The number of benzene rings is 1. The Labute approximate surface area is 189 Å². The van der Waals surface area contributed by atoms with E-state index in [1.807, 2.05) is 0 Å². The maximum atomic E-state index is 12.6. The lowest BCUT2D eigenvalue weighted by molar-refractivity contribution is 0.0512. The van der Waals surface area contributed by atoms with Crippen molar-refractivity contribution in [3.63, 3.8) is 0 Å². The molecule has 1 aromatic carbocycles. The highest BCUT2D eigenvalue weighted by molar-refractivity contribution is 6.74. The zero-order valence-corrected chi connectivity index (χ0v) is 20.8. The van der Waals surface area contributed by atoms with Crippen molar-refractivity contribution in [3.05, 3.63) is 46.6 Å². The number of esters is 1. The molecule has 0 saturated carbocycles. The molecule has 0 amide bonds. The summed E-state index contributed by atoms with van der Waals surface area (Å²) in [6, 6.07) is 8.11. The maximum Gasteiger partial charge on any atom is 0.356 e. The number of aromatic nitrogens is 2. The molecule has 0 N–H and O–H groups in total. The lowest BCUT2D eigenvalue weighted by Gasteiger charge is -2.36. The second-order valence-electron chi connectivity index (χ2n) is 8.64. The van der Waals surface area contributed by atoms with Gasteiger partial charge in [0.05, 0.1) is 13.2 Å². The van der Waals surface area contributed by atoms with Gasteiger partial charge in [0, 0.05) is 16.7 Å². The number of Topliss-reactive ketones (excluding diaryl/α,β-unsaturated/α-hetero) is 1. The van der Waals surface area contributed by atoms with Crippen LogP contribution in [0.1, 0.15) is 48.5 Å². The Bertz CT molecular complexity index is 921. The Morgan fingerprint density at radius 2 is 1.87 bits per heavy atom. The van der Waals surface area contributed by atoms with Crippen LogP contribution < -0.4 is 4.74 Å². The van der Waals surface area contributed by atoms with Crippen LogP contribution in [0.2, 0.25) is 23.2 Å². The molecular weight excluding hydrogens is 436 g/mol. The number of ketones is 1. The minimum Gasteiger partial charge on any atom is -0.474 e. The first-order valence-corrected chi connectivity index (χ1v) is 13.5. The zero-order valence-electron chi connectivity index (χ0n) is 19.0. The summed E-state index contributed by atoms with van der Waals surface area (Å²) in [5.74, 6) is -0.564. The van der Waals surface area contributed by atoms with E-state index in [0.29, 0.717) is 17.2 Å². The monoisotopic (exact) mass is 466 g/mol. The van der Waals surface area contributed by atoms with Gasteiger partial charge < -0.3 is 13.9 Å². The predicted molar refractivity (Wildman–Crippen MR) is 123 cm³/mol. The van der Waals surface area contributed by atoms with Crippen LogP contribution in [0, 0.1) is 0 Å². The Morgan fingerprint density at radius 1 is 1.16 bits per heavy atom. The predicted octanol–water partition coefficient (Wildman–Crippen LogP) is 5.00. The molecule has 0 fully saturated rings. The van der Waals surface area contributed by atoms with Gasteiger partial charge in [-0.1, -0.05) is 44.5 Å². The number of halogens is 1. The third-order valence-corrected chi connectivity index (χ3v) is 10.1. The number of carbonyl (C=O) groups is 2. The van der Waals surface area contributed by atoms with Gasteiger partial charge in [-0.3, -0.25) is 4.79 Å². The Balaban J connectivity index is 2.10. The van der Waals surface area contributed by atoms with Crippen LogP contribution in [-0.2, 0) is 15.7 Å². The average molecular weight is 467 g/mol. The molecule has 0 aliphatic carbocycles. The summed E-state index contributed by atoms with van der Waals surface area (Å²) in [5, 5.41) is 4.84. The van der Waals surface area contributed by atoms with Crippen LogP contribution in [0.5, 0.6) is 5.88 Å². The van der Waals surface area contributed by atoms with Crippen molar-refractivity contribution in [2.75, 3.05) is 19.8 Å². The Hall–Kier alpha value is -2.16. The van der Waals surface area contributed by atoms with Gasteiger partial charge in [0.1, 0.15) is 13.2 Å². The van der Waals surface area contributed by atoms with Crippen LogP contribution in [0.25, 0.3) is 0 Å². The van der Waals surface area contributed by atoms with E-state index in [1.165, 1.54) is 10.7 Å². The van der Waals surface area contributed by atoms with Crippen LogP contribution in [0.3, 0.4) is 0 Å². The van der Waals surface area contributed by atoms with Gasteiger partial charge >= 0.3 is 5.97 Å². The SMILES string of the molecule is CCOC(=O)c1cc(OCCO[Si](C)(C)C(C)(C)C)nn1CC(=O)c1cccc(Cl)c1. The number of nitrogens with zero attached hydrogens (tertiary/aromatic N) is 2. The summed E-state index contributed by atoms with van der Waals surface area (Å²) in [7, 11) is -1.88. The second-order valence-corrected chi connectivity index (χ2v) is 13.9. The molecule has 0 unspecified atom stereocenters. The van der Waals surface area contributed by atoms with Crippen LogP contribution >= 0.6 is 11.6 Å². The van der Waals surface area contributed by atoms with Gasteiger partial charge in [0.2, 0.25) is 5.88 Å². The molecule has 0 spiro atoms. The first-order chi connectivity index (χ1) is 14.4. The minimum absolute atomic E-state index is 0.104. The third kappa shape index (κ3) is 6.92. The lowest BCUT2D eigenvalue weighted by atomic mass is 10.1. The fourth-order valence-electron chi connectivity index (χ4n) is 2.50. The van der Waals surface area contributed by atoms with E-state index in [2.05, 4.69) is 39.0 Å². The average Bonchev–Trinajstić information content (AvgIpc) is 3.07. The number of hydrogen-bond donors (Lipinski definition) is 0. The molecule has 0 bridgehead atoms. The Morgan fingerprint density at radius 3 is 2.48 bits per heavy atom. The molecule has 9 heteroatoms. The van der Waals surface area contributed by atoms with E-state index in [9.17, 15) is 9.59 Å². The van der Waals surface area contributed by atoms with Gasteiger partial charge in [0.25, 0.3) is 0 Å². The van der Waals surface area contributed by atoms with Crippen molar-refractivity contribution in [3.8, 4) is 5.88 Å². The van der Waals surface area contributed by atoms with E-state index in [4.69, 9.17) is 25.5 Å². The summed E-state index contributed by atoms with van der Waals surface area (Å²) >= 11 is 5.97. The molecule has 0 atom stereocenters. The first kappa shape index (κ1) is 25.1. The van der Waals surface area contributed by atoms with Crippen LogP contribution in [0.15, 0.2) is 30.3 Å². The largest absolute Gasteiger partial charge is 0.474 e. The standard InChI is InChI=1S/C22H31ClN2O5Si/c1-7-28-21(27)18-14-20(29-11-12-30-31(5,6)22(2,3)4)24-25(18)15-19(26)16-9-8-10-17(23)13-16/h8-10,13-14H,7,11-12,15H2,1-6H3. The molecule has 170 valence electrons. The third-order valence-electron chi connectivity index (χ3n) is 5.28. The summed E-state index contributed by atoms with van der Waals surface area (Å²) < 4.78 is 18.2. The van der Waals surface area contributed by atoms with E-state index >= 15 is 0 Å². The van der Waals surface area contributed by atoms with Crippen molar-refractivity contribution < 1.29 is 23.5 Å². The number of rotatable bonds is 10. The molecule has 0 aliphatic rings. The zero-order chi connectivity index (χ0) is 23.2. The van der Waals surface area contributed by atoms with Crippen LogP contribution in [-0.4, -0.2) is 49.7 Å². The molecule has 0 aliphatic heterocycles. The molecule has 0 saturated heterocycles. The highest BCUT2D eigenvalue weighted by Crippen LogP contribution is 2.36. The summed E-state index contributed by atoms with van der Waals surface area (Å²) in [6.45, 7) is 13.3. The van der Waals surface area contributed by atoms with Gasteiger partial charge in [-0.05, 0) is 37.2 Å². The first-order valence-electron chi connectivity index (χ1n) is 10.2. The van der Waals surface area contributed by atoms with Crippen LogP contribution in [0.4, 0.5) is 0 Å². The van der Waals surface area contributed by atoms with Gasteiger partial charge in [-0.25, -0.2) is 9.48 Å². The fraction of sp³-hybridized carbons (Fsp3) is 0.500. The maximum absolute atomic E-state index is 12.6. The van der Waals surface area contributed by atoms with E-state index in [0.717, 1.165) is 0 Å². The quantitative estimate of drug-likeness (QED) is 0.212. The van der Waals surface area contributed by atoms with Gasteiger partial charge in [-0.15, -0.1) is 5.10 Å². The summed E-state index contributed by atoms with van der Waals surface area (Å²) in [6.07, 6.45) is 0. The molecular formula is C22H31ClN2O5Si. The number of carbonyl (C=O) groups excluding carboxylic acids is 2. The molecule has 31 heavy (non-hydrogen) atoms. The van der Waals surface area contributed by atoms with Crippen molar-refractivity contribution >= 4 is 31.7 Å². The second kappa shape index (κ2) is 10.4. The fourth-order valence-corrected chi connectivity index (χ4v) is 3.72. The van der Waals surface area contributed by atoms with Crippen molar-refractivity contribution in [2.45, 2.75) is 52.4 Å². The summed E-state index contributed by atoms with van der Waals surface area (Å²) in [5.41, 5.74) is 0.584. The van der Waals surface area contributed by atoms with E-state index in [-0.39, 0.29) is 42.2 Å². The smallest absolute Gasteiger partial charge is 0.356 e. The lowest BCUT2D eigenvalue weighted by Crippen LogP contribution is -2.41. The number of ether oxygens (including phenoxy) is 2. The molecule has 2 aromatic rings. The molecule has 1 aromatic heterocycles. The topological polar surface area (TPSA) is 79.7 Å². The normalized spacial score (nSPS) is 12.0. The molecule has 7 nitrogen and oxygen atoms in total. The summed E-state index contributed by atoms with van der Waals surface area (Å²) in [4.78, 5) is 25.0. The van der Waals surface area contributed by atoms with Gasteiger partial charge in [0.15, 0.2) is 19.8 Å². The van der Waals surface area contributed by atoms with E-state index < -0.39 is 14.3 Å². The van der Waals surface area contributed by atoms with Gasteiger partial charge in [-0.2, -0.15) is 0 Å². The molecule has 1 heterocycles. The van der Waals surface area contributed by atoms with Crippen molar-refractivity contribution in [1.29, 1.82) is 0 Å². The van der Waals surface area contributed by atoms with E-state index in [1.54, 1.807) is 31.2 Å². The number of hydrogen-bond acceptors (Lipinski definition) is 6. The van der Waals surface area contributed by atoms with Crippen molar-refractivity contribution in [2.24, 2.45) is 0 Å². The minimum atomic E-state index is -1.88. The highest BCUT2D eigenvalue weighted by atomic mass is 35.5. The van der Waals surface area contributed by atoms with Crippen molar-refractivity contribution in [1.82, 2.24) is 9.78 Å². The molecule has 2 rings (SSSR count). The Kier molecular flexibility index (Phi) is 8.45. The highest BCUT2D eigenvalue weighted by Gasteiger charge is 2.36. The molecule has 0 radical (unpaired) electrons.